The number of hydrogen-bond acceptors (Lipinski definition) is 3. The van der Waals surface area contributed by atoms with Crippen LogP contribution in [0, 0.1) is 0 Å². The van der Waals surface area contributed by atoms with Crippen molar-refractivity contribution in [3.63, 3.8) is 0 Å². The Hall–Kier alpha value is -3.15. The van der Waals surface area contributed by atoms with Gasteiger partial charge >= 0.3 is 5.97 Å². The number of aliphatic carboxylic acids is 1. The lowest BCUT2D eigenvalue weighted by Gasteiger charge is -2.14. The Morgan fingerprint density at radius 2 is 1.91 bits per heavy atom. The Bertz CT molecular complexity index is 842. The average molecular weight is 309 g/mol. The van der Waals surface area contributed by atoms with Crippen LogP contribution in [0.3, 0.4) is 0 Å². The minimum absolute atomic E-state index is 0.205. The van der Waals surface area contributed by atoms with Gasteiger partial charge in [-0.3, -0.25) is 9.78 Å². The first-order chi connectivity index (χ1) is 11.1. The zero-order chi connectivity index (χ0) is 16.2. The van der Waals surface area contributed by atoms with Gasteiger partial charge in [-0.25, -0.2) is 4.79 Å². The van der Waals surface area contributed by atoms with E-state index in [0.29, 0.717) is 5.56 Å². The molecule has 1 aromatic carbocycles. The molecule has 0 radical (unpaired) electrons. The number of carbonyl (C=O) groups is 2. The zero-order valence-electron chi connectivity index (χ0n) is 12.2. The normalized spacial score (nSPS) is 12.0. The molecule has 2 heterocycles. The molecular weight excluding hydrogens is 294 g/mol. The minimum Gasteiger partial charge on any atom is -0.480 e. The summed E-state index contributed by atoms with van der Waals surface area (Å²) in [7, 11) is 0. The van der Waals surface area contributed by atoms with Crippen molar-refractivity contribution < 1.29 is 14.7 Å². The molecule has 0 bridgehead atoms. The van der Waals surface area contributed by atoms with Crippen LogP contribution in [0.4, 0.5) is 0 Å². The van der Waals surface area contributed by atoms with Gasteiger partial charge in [0.1, 0.15) is 6.04 Å². The molecule has 3 N–H and O–H groups in total. The van der Waals surface area contributed by atoms with Crippen LogP contribution in [0.5, 0.6) is 0 Å². The predicted octanol–water partition coefficient (Wildman–Crippen LogP) is 1.99. The van der Waals surface area contributed by atoms with Crippen molar-refractivity contribution in [1.82, 2.24) is 15.3 Å². The maximum absolute atomic E-state index is 12.1. The van der Waals surface area contributed by atoms with Crippen molar-refractivity contribution in [2.45, 2.75) is 12.5 Å². The standard InChI is InChI=1S/C17H15N3O3/c21-16(11-5-7-18-8-6-11)20-15(17(22)23)9-12-10-19-14-4-2-1-3-13(12)14/h1-8,10,15,19H,9H2,(H,20,21)(H,22,23)/t15-/m1/s1. The number of rotatable bonds is 5. The highest BCUT2D eigenvalue weighted by molar-refractivity contribution is 5.96. The third-order valence-electron chi connectivity index (χ3n) is 3.64. The van der Waals surface area contributed by atoms with E-state index >= 15 is 0 Å². The summed E-state index contributed by atoms with van der Waals surface area (Å²) < 4.78 is 0. The Morgan fingerprint density at radius 1 is 1.17 bits per heavy atom. The van der Waals surface area contributed by atoms with Crippen molar-refractivity contribution in [2.24, 2.45) is 0 Å². The van der Waals surface area contributed by atoms with Crippen molar-refractivity contribution >= 4 is 22.8 Å². The molecule has 0 spiro atoms. The maximum Gasteiger partial charge on any atom is 0.326 e. The monoisotopic (exact) mass is 309 g/mol. The number of H-pyrrole nitrogens is 1. The molecule has 0 aliphatic rings. The fraction of sp³-hybridized carbons (Fsp3) is 0.118. The van der Waals surface area contributed by atoms with Crippen LogP contribution >= 0.6 is 0 Å². The molecule has 3 aromatic rings. The first-order valence-corrected chi connectivity index (χ1v) is 7.14. The average Bonchev–Trinajstić information content (AvgIpc) is 2.98. The Labute approximate surface area is 132 Å². The van der Waals surface area contributed by atoms with Crippen molar-refractivity contribution in [3.05, 3.63) is 66.1 Å². The molecule has 6 nitrogen and oxygen atoms in total. The number of aromatic amines is 1. The number of pyridine rings is 1. The van der Waals surface area contributed by atoms with Crippen LogP contribution in [-0.2, 0) is 11.2 Å². The fourth-order valence-electron chi connectivity index (χ4n) is 2.47. The first kappa shape index (κ1) is 14.8. The molecule has 2 aromatic heterocycles. The lowest BCUT2D eigenvalue weighted by molar-refractivity contribution is -0.139. The molecule has 23 heavy (non-hydrogen) atoms. The lowest BCUT2D eigenvalue weighted by atomic mass is 10.0. The molecule has 1 atom stereocenters. The number of para-hydroxylation sites is 1. The van der Waals surface area contributed by atoms with Gasteiger partial charge in [-0.1, -0.05) is 18.2 Å². The molecule has 6 heteroatoms. The second-order valence-corrected chi connectivity index (χ2v) is 5.16. The molecule has 116 valence electrons. The van der Waals surface area contributed by atoms with Gasteiger partial charge in [0.05, 0.1) is 0 Å². The van der Waals surface area contributed by atoms with E-state index in [4.69, 9.17) is 0 Å². The molecule has 0 unspecified atom stereocenters. The summed E-state index contributed by atoms with van der Waals surface area (Å²) in [4.78, 5) is 30.6. The van der Waals surface area contributed by atoms with Gasteiger partial charge in [0.25, 0.3) is 5.91 Å². The van der Waals surface area contributed by atoms with E-state index < -0.39 is 17.9 Å². The highest BCUT2D eigenvalue weighted by Crippen LogP contribution is 2.19. The number of amides is 1. The van der Waals surface area contributed by atoms with Crippen LogP contribution < -0.4 is 5.32 Å². The van der Waals surface area contributed by atoms with E-state index in [2.05, 4.69) is 15.3 Å². The largest absolute Gasteiger partial charge is 0.480 e. The number of carboxylic acids is 1. The predicted molar refractivity (Wildman–Crippen MR) is 85.1 cm³/mol. The lowest BCUT2D eigenvalue weighted by Crippen LogP contribution is -2.42. The number of fused-ring (bicyclic) bond motifs is 1. The number of hydrogen-bond donors (Lipinski definition) is 3. The quantitative estimate of drug-likeness (QED) is 0.671. The van der Waals surface area contributed by atoms with E-state index in [-0.39, 0.29) is 6.42 Å². The van der Waals surface area contributed by atoms with E-state index in [0.717, 1.165) is 16.5 Å². The summed E-state index contributed by atoms with van der Waals surface area (Å²) in [6, 6.07) is 9.72. The van der Waals surface area contributed by atoms with E-state index in [1.165, 1.54) is 12.4 Å². The van der Waals surface area contributed by atoms with Gasteiger partial charge < -0.3 is 15.4 Å². The van der Waals surface area contributed by atoms with Crippen LogP contribution in [0.2, 0.25) is 0 Å². The third kappa shape index (κ3) is 3.21. The van der Waals surface area contributed by atoms with Gasteiger partial charge in [0.15, 0.2) is 0 Å². The maximum atomic E-state index is 12.1. The summed E-state index contributed by atoms with van der Waals surface area (Å²) in [5.41, 5.74) is 2.17. The summed E-state index contributed by atoms with van der Waals surface area (Å²) in [6.45, 7) is 0. The van der Waals surface area contributed by atoms with Gasteiger partial charge in [-0.05, 0) is 23.8 Å². The number of benzene rings is 1. The molecule has 0 saturated carbocycles. The third-order valence-corrected chi connectivity index (χ3v) is 3.64. The molecule has 0 aliphatic carbocycles. The van der Waals surface area contributed by atoms with Crippen LogP contribution in [0.1, 0.15) is 15.9 Å². The number of aromatic nitrogens is 2. The highest BCUT2D eigenvalue weighted by atomic mass is 16.4. The minimum atomic E-state index is -1.07. The van der Waals surface area contributed by atoms with Gasteiger partial charge in [0, 0.05) is 41.5 Å². The van der Waals surface area contributed by atoms with E-state index in [1.807, 2.05) is 24.3 Å². The molecule has 0 saturated heterocycles. The Morgan fingerprint density at radius 3 is 2.65 bits per heavy atom. The SMILES string of the molecule is O=C(N[C@H](Cc1c[nH]c2ccccc12)C(=O)O)c1ccncc1. The summed E-state index contributed by atoms with van der Waals surface area (Å²) in [6.07, 6.45) is 4.96. The number of nitrogens with one attached hydrogen (secondary N) is 2. The van der Waals surface area contributed by atoms with E-state index in [1.54, 1.807) is 18.3 Å². The second-order valence-electron chi connectivity index (χ2n) is 5.16. The van der Waals surface area contributed by atoms with Crippen LogP contribution in [0.25, 0.3) is 10.9 Å². The molecular formula is C17H15N3O3. The summed E-state index contributed by atoms with van der Waals surface area (Å²) in [5.74, 6) is -1.50. The van der Waals surface area contributed by atoms with Crippen molar-refractivity contribution in [1.29, 1.82) is 0 Å². The number of nitrogens with zero attached hydrogens (tertiary/aromatic N) is 1. The van der Waals surface area contributed by atoms with Crippen LogP contribution in [0.15, 0.2) is 55.0 Å². The van der Waals surface area contributed by atoms with Gasteiger partial charge in [-0.2, -0.15) is 0 Å². The number of carbonyl (C=O) groups excluding carboxylic acids is 1. The van der Waals surface area contributed by atoms with Crippen molar-refractivity contribution in [3.8, 4) is 0 Å². The first-order valence-electron chi connectivity index (χ1n) is 7.14. The fourth-order valence-corrected chi connectivity index (χ4v) is 2.47. The summed E-state index contributed by atoms with van der Waals surface area (Å²) >= 11 is 0. The topological polar surface area (TPSA) is 95.1 Å². The molecule has 3 rings (SSSR count). The zero-order valence-corrected chi connectivity index (χ0v) is 12.2. The van der Waals surface area contributed by atoms with Crippen molar-refractivity contribution in [2.75, 3.05) is 0 Å². The van der Waals surface area contributed by atoms with Gasteiger partial charge in [-0.15, -0.1) is 0 Å². The molecule has 0 aliphatic heterocycles. The molecule has 0 fully saturated rings. The summed E-state index contributed by atoms with van der Waals surface area (Å²) in [5, 5.41) is 12.9. The smallest absolute Gasteiger partial charge is 0.326 e. The second kappa shape index (κ2) is 6.31. The Kier molecular flexibility index (Phi) is 4.05. The van der Waals surface area contributed by atoms with Gasteiger partial charge in [0.2, 0.25) is 0 Å². The van der Waals surface area contributed by atoms with E-state index in [9.17, 15) is 14.7 Å². The molecule has 1 amide bonds. The van der Waals surface area contributed by atoms with Crippen LogP contribution in [-0.4, -0.2) is 33.0 Å². The Balaban J connectivity index is 1.80. The highest BCUT2D eigenvalue weighted by Gasteiger charge is 2.22. The number of carboxylic acid groups (broad SMARTS) is 1.